The van der Waals surface area contributed by atoms with Gasteiger partial charge in [-0.05, 0) is 60.4 Å². The zero-order valence-electron chi connectivity index (χ0n) is 19.3. The summed E-state index contributed by atoms with van der Waals surface area (Å²) in [6.45, 7) is 3.62. The fourth-order valence-electron chi connectivity index (χ4n) is 3.09. The third kappa shape index (κ3) is 7.68. The topological polar surface area (TPSA) is 109 Å². The summed E-state index contributed by atoms with van der Waals surface area (Å²) in [5.74, 6) is -1.61. The second-order valence-corrected chi connectivity index (χ2v) is 7.97. The van der Waals surface area contributed by atoms with Crippen molar-refractivity contribution in [3.63, 3.8) is 0 Å². The molecule has 0 atom stereocenters. The molecule has 0 heterocycles. The molecule has 0 radical (unpaired) electrons. The van der Waals surface area contributed by atoms with Crippen LogP contribution in [-0.2, 0) is 20.8 Å². The summed E-state index contributed by atoms with van der Waals surface area (Å²) in [5.41, 5.74) is 5.80. The number of ether oxygens (including phenoxy) is 1. The number of hydrogen-bond donors (Lipinski definition) is 3. The van der Waals surface area contributed by atoms with Crippen LogP contribution < -0.4 is 20.8 Å². The standard InChI is InChI=1S/C26H25ClN4O4/c1-3-19-8-4-5-10-22(19)30-25(33)26(34)31-28-15-18-7-6-9-21(13-18)35-16-24(32)29-23-14-20(27)12-11-17(23)2/h4-15H,3,16H2,1-2H3,(H,29,32)(H,30,33)(H,31,34)/b28-15-. The van der Waals surface area contributed by atoms with Gasteiger partial charge in [0.05, 0.1) is 6.21 Å². The second-order valence-electron chi connectivity index (χ2n) is 7.53. The number of nitrogens with one attached hydrogen (secondary N) is 3. The third-order valence-electron chi connectivity index (χ3n) is 4.93. The highest BCUT2D eigenvalue weighted by Gasteiger charge is 2.14. The lowest BCUT2D eigenvalue weighted by Gasteiger charge is -2.10. The van der Waals surface area contributed by atoms with Crippen LogP contribution in [0.3, 0.4) is 0 Å². The molecule has 0 unspecified atom stereocenters. The number of rotatable bonds is 8. The van der Waals surface area contributed by atoms with E-state index >= 15 is 0 Å². The number of para-hydroxylation sites is 1. The lowest BCUT2D eigenvalue weighted by atomic mass is 10.1. The fourth-order valence-corrected chi connectivity index (χ4v) is 3.27. The van der Waals surface area contributed by atoms with E-state index in [1.807, 2.05) is 32.0 Å². The van der Waals surface area contributed by atoms with Crippen molar-refractivity contribution < 1.29 is 19.1 Å². The van der Waals surface area contributed by atoms with Gasteiger partial charge in [-0.25, -0.2) is 5.43 Å². The molecule has 3 aromatic carbocycles. The van der Waals surface area contributed by atoms with Gasteiger partial charge in [-0.2, -0.15) is 5.10 Å². The molecule has 0 fully saturated rings. The first-order valence-corrected chi connectivity index (χ1v) is 11.2. The van der Waals surface area contributed by atoms with Crippen molar-refractivity contribution in [2.45, 2.75) is 20.3 Å². The zero-order chi connectivity index (χ0) is 25.2. The quantitative estimate of drug-likeness (QED) is 0.247. The van der Waals surface area contributed by atoms with Gasteiger partial charge in [0.15, 0.2) is 6.61 Å². The number of hydrazone groups is 1. The van der Waals surface area contributed by atoms with Gasteiger partial charge >= 0.3 is 11.8 Å². The summed E-state index contributed by atoms with van der Waals surface area (Å²) in [6.07, 6.45) is 2.09. The molecule has 3 N–H and O–H groups in total. The maximum atomic E-state index is 12.2. The van der Waals surface area contributed by atoms with Crippen LogP contribution in [0.25, 0.3) is 0 Å². The first-order valence-electron chi connectivity index (χ1n) is 10.9. The molecule has 3 rings (SSSR count). The van der Waals surface area contributed by atoms with Gasteiger partial charge in [-0.15, -0.1) is 0 Å². The van der Waals surface area contributed by atoms with E-state index < -0.39 is 11.8 Å². The average molecular weight is 493 g/mol. The number of anilines is 2. The van der Waals surface area contributed by atoms with Crippen LogP contribution in [0.5, 0.6) is 5.75 Å². The summed E-state index contributed by atoms with van der Waals surface area (Å²) < 4.78 is 5.55. The molecule has 9 heteroatoms. The lowest BCUT2D eigenvalue weighted by Crippen LogP contribution is -2.32. The SMILES string of the molecule is CCc1ccccc1NC(=O)C(=O)N/N=C\c1cccc(OCC(=O)Nc2cc(Cl)ccc2C)c1. The van der Waals surface area contributed by atoms with Crippen LogP contribution in [0, 0.1) is 6.92 Å². The number of amides is 3. The molecular formula is C26H25ClN4O4. The highest BCUT2D eigenvalue weighted by molar-refractivity contribution is 6.39. The Hall–Kier alpha value is -4.17. The third-order valence-corrected chi connectivity index (χ3v) is 5.17. The average Bonchev–Trinajstić information content (AvgIpc) is 2.85. The highest BCUT2D eigenvalue weighted by atomic mass is 35.5. The molecule has 8 nitrogen and oxygen atoms in total. The van der Waals surface area contributed by atoms with E-state index in [4.69, 9.17) is 16.3 Å². The van der Waals surface area contributed by atoms with Crippen molar-refractivity contribution in [1.82, 2.24) is 5.43 Å². The van der Waals surface area contributed by atoms with E-state index in [0.29, 0.717) is 27.7 Å². The molecule has 0 aliphatic rings. The summed E-state index contributed by atoms with van der Waals surface area (Å²) in [4.78, 5) is 36.4. The minimum absolute atomic E-state index is 0.206. The van der Waals surface area contributed by atoms with E-state index in [-0.39, 0.29) is 12.5 Å². The molecule has 0 aliphatic carbocycles. The maximum Gasteiger partial charge on any atom is 0.329 e. The summed E-state index contributed by atoms with van der Waals surface area (Å²) in [6, 6.07) is 19.3. The molecular weight excluding hydrogens is 468 g/mol. The highest BCUT2D eigenvalue weighted by Crippen LogP contribution is 2.20. The predicted octanol–water partition coefficient (Wildman–Crippen LogP) is 4.32. The molecule has 180 valence electrons. The van der Waals surface area contributed by atoms with Crippen molar-refractivity contribution in [3.8, 4) is 5.75 Å². The lowest BCUT2D eigenvalue weighted by molar-refractivity contribution is -0.136. The molecule has 3 aromatic rings. The molecule has 0 saturated heterocycles. The van der Waals surface area contributed by atoms with E-state index in [0.717, 1.165) is 17.5 Å². The van der Waals surface area contributed by atoms with Crippen LogP contribution >= 0.6 is 11.6 Å². The van der Waals surface area contributed by atoms with Gasteiger partial charge in [-0.1, -0.05) is 54.9 Å². The molecule has 3 amide bonds. The van der Waals surface area contributed by atoms with Crippen molar-refractivity contribution >= 4 is 46.9 Å². The van der Waals surface area contributed by atoms with Crippen LogP contribution in [0.4, 0.5) is 11.4 Å². The van der Waals surface area contributed by atoms with Crippen molar-refractivity contribution in [2.75, 3.05) is 17.2 Å². The number of nitrogens with zero attached hydrogens (tertiary/aromatic N) is 1. The van der Waals surface area contributed by atoms with Crippen LogP contribution in [0.2, 0.25) is 5.02 Å². The Labute approximate surface area is 208 Å². The normalized spacial score (nSPS) is 10.6. The molecule has 0 aromatic heterocycles. The summed E-state index contributed by atoms with van der Waals surface area (Å²) in [5, 5.41) is 9.68. The molecule has 0 aliphatic heterocycles. The Kier molecular flexibility index (Phi) is 8.97. The number of halogens is 1. The maximum absolute atomic E-state index is 12.2. The molecule has 35 heavy (non-hydrogen) atoms. The molecule has 0 spiro atoms. The second kappa shape index (κ2) is 12.3. The van der Waals surface area contributed by atoms with Crippen LogP contribution in [0.15, 0.2) is 71.8 Å². The van der Waals surface area contributed by atoms with Crippen molar-refractivity contribution in [3.05, 3.63) is 88.4 Å². The molecule has 0 bridgehead atoms. The van der Waals surface area contributed by atoms with Gasteiger partial charge in [-0.3, -0.25) is 14.4 Å². The van der Waals surface area contributed by atoms with E-state index in [1.165, 1.54) is 6.21 Å². The number of aryl methyl sites for hydroxylation is 2. The Morgan fingerprint density at radius 3 is 2.54 bits per heavy atom. The fraction of sp³-hybridized carbons (Fsp3) is 0.154. The van der Waals surface area contributed by atoms with Crippen LogP contribution in [-0.4, -0.2) is 30.5 Å². The Morgan fingerprint density at radius 2 is 1.74 bits per heavy atom. The van der Waals surface area contributed by atoms with Gasteiger partial charge in [0.1, 0.15) is 5.75 Å². The Bertz CT molecular complexity index is 1260. The minimum Gasteiger partial charge on any atom is -0.484 e. The zero-order valence-corrected chi connectivity index (χ0v) is 20.1. The number of carbonyl (C=O) groups excluding carboxylic acids is 3. The first kappa shape index (κ1) is 25.5. The summed E-state index contributed by atoms with van der Waals surface area (Å²) in [7, 11) is 0. The van der Waals surface area contributed by atoms with Crippen molar-refractivity contribution in [1.29, 1.82) is 0 Å². The van der Waals surface area contributed by atoms with Gasteiger partial charge in [0.25, 0.3) is 5.91 Å². The van der Waals surface area contributed by atoms with Crippen LogP contribution in [0.1, 0.15) is 23.6 Å². The minimum atomic E-state index is -0.896. The number of carbonyl (C=O) groups is 3. The molecule has 0 saturated carbocycles. The van der Waals surface area contributed by atoms with E-state index in [9.17, 15) is 14.4 Å². The predicted molar refractivity (Wildman–Crippen MR) is 137 cm³/mol. The Balaban J connectivity index is 1.50. The van der Waals surface area contributed by atoms with Gasteiger partial charge in [0.2, 0.25) is 0 Å². The van der Waals surface area contributed by atoms with E-state index in [1.54, 1.807) is 48.5 Å². The number of benzene rings is 3. The first-order chi connectivity index (χ1) is 16.9. The largest absolute Gasteiger partial charge is 0.484 e. The van der Waals surface area contributed by atoms with Gasteiger partial charge in [0, 0.05) is 16.4 Å². The van der Waals surface area contributed by atoms with Gasteiger partial charge < -0.3 is 15.4 Å². The summed E-state index contributed by atoms with van der Waals surface area (Å²) >= 11 is 5.97. The Morgan fingerprint density at radius 1 is 0.943 bits per heavy atom. The smallest absolute Gasteiger partial charge is 0.329 e. The van der Waals surface area contributed by atoms with Crippen molar-refractivity contribution in [2.24, 2.45) is 5.10 Å². The van der Waals surface area contributed by atoms with E-state index in [2.05, 4.69) is 21.2 Å². The monoisotopic (exact) mass is 492 g/mol. The number of hydrogen-bond acceptors (Lipinski definition) is 5.